The van der Waals surface area contributed by atoms with E-state index in [2.05, 4.69) is 24.5 Å². The monoisotopic (exact) mass is 414 g/mol. The lowest BCUT2D eigenvalue weighted by atomic mass is 9.80. The summed E-state index contributed by atoms with van der Waals surface area (Å²) in [6.45, 7) is 4.61. The topological polar surface area (TPSA) is 48.8 Å². The lowest BCUT2D eigenvalue weighted by molar-refractivity contribution is 0.270. The van der Waals surface area contributed by atoms with Gasteiger partial charge in [0.2, 0.25) is 0 Å². The number of nitrogens with zero attached hydrogens (tertiary/aromatic N) is 2. The van der Waals surface area contributed by atoms with Crippen molar-refractivity contribution >= 4 is 11.7 Å². The van der Waals surface area contributed by atoms with E-state index < -0.39 is 0 Å². The Balaban J connectivity index is 1.18. The second-order valence-corrected chi connectivity index (χ2v) is 10.6. The molecule has 6 unspecified atom stereocenters. The van der Waals surface area contributed by atoms with Crippen molar-refractivity contribution in [2.75, 3.05) is 0 Å². The summed E-state index contributed by atoms with van der Waals surface area (Å²) in [5, 5.41) is 7.57. The van der Waals surface area contributed by atoms with Crippen molar-refractivity contribution in [3.63, 3.8) is 0 Å². The van der Waals surface area contributed by atoms with Gasteiger partial charge in [0.1, 0.15) is 0 Å². The minimum Gasteiger partial charge on any atom is -0.369 e. The van der Waals surface area contributed by atoms with Gasteiger partial charge in [0.15, 0.2) is 0 Å². The number of unbranched alkanes of at least 4 members (excludes halogenated alkanes) is 4. The van der Waals surface area contributed by atoms with Gasteiger partial charge in [-0.1, -0.05) is 65.2 Å². The molecule has 0 aromatic rings. The Morgan fingerprint density at radius 1 is 0.667 bits per heavy atom. The molecule has 30 heavy (non-hydrogen) atoms. The average molecular weight is 415 g/mol. The highest BCUT2D eigenvalue weighted by Gasteiger charge is 2.36. The first-order chi connectivity index (χ1) is 14.7. The summed E-state index contributed by atoms with van der Waals surface area (Å²) in [4.78, 5) is 10.2. The van der Waals surface area contributed by atoms with Crippen LogP contribution < -0.4 is 10.6 Å². The van der Waals surface area contributed by atoms with E-state index in [4.69, 9.17) is 9.98 Å². The van der Waals surface area contributed by atoms with Gasteiger partial charge in [0.25, 0.3) is 0 Å². The molecule has 2 N–H and O–H groups in total. The molecule has 0 amide bonds. The number of fused-ring (bicyclic) bond motifs is 2. The lowest BCUT2D eigenvalue weighted by Crippen LogP contribution is -2.40. The summed E-state index contributed by atoms with van der Waals surface area (Å²) in [6, 6.07) is 2.33. The molecular weight excluding hydrogens is 368 g/mol. The van der Waals surface area contributed by atoms with Crippen molar-refractivity contribution in [2.45, 2.75) is 141 Å². The third-order valence-corrected chi connectivity index (χ3v) is 8.23. The number of amidine groups is 2. The smallest absolute Gasteiger partial charge is 0.0974 e. The van der Waals surface area contributed by atoms with Crippen LogP contribution in [0, 0.1) is 11.8 Å². The molecular formula is C26H46N4. The highest BCUT2D eigenvalue weighted by atomic mass is 15.1. The Kier molecular flexibility index (Phi) is 8.12. The highest BCUT2D eigenvalue weighted by molar-refractivity contribution is 5.91. The second kappa shape index (κ2) is 11.0. The van der Waals surface area contributed by atoms with Crippen LogP contribution in [0.25, 0.3) is 0 Å². The number of nitrogens with one attached hydrogen (secondary N) is 2. The van der Waals surface area contributed by atoms with Gasteiger partial charge in [-0.3, -0.25) is 9.98 Å². The van der Waals surface area contributed by atoms with Gasteiger partial charge in [0, 0.05) is 24.9 Å². The second-order valence-electron chi connectivity index (χ2n) is 10.6. The maximum Gasteiger partial charge on any atom is 0.0974 e. The maximum absolute atomic E-state index is 5.12. The van der Waals surface area contributed by atoms with Crippen LogP contribution in [0.3, 0.4) is 0 Å². The third-order valence-electron chi connectivity index (χ3n) is 8.23. The molecule has 0 aromatic heterocycles. The van der Waals surface area contributed by atoms with E-state index in [1.54, 1.807) is 0 Å². The zero-order valence-corrected chi connectivity index (χ0v) is 19.7. The predicted octanol–water partition coefficient (Wildman–Crippen LogP) is 6.01. The largest absolute Gasteiger partial charge is 0.369 e. The minimum absolute atomic E-state index is 0.547. The summed E-state index contributed by atoms with van der Waals surface area (Å²) in [5.74, 6) is 4.36. The van der Waals surface area contributed by atoms with Crippen LogP contribution in [-0.4, -0.2) is 35.8 Å². The van der Waals surface area contributed by atoms with Crippen LogP contribution >= 0.6 is 0 Å². The Morgan fingerprint density at radius 3 is 1.97 bits per heavy atom. The number of rotatable bonds is 11. The van der Waals surface area contributed by atoms with E-state index in [1.807, 2.05) is 0 Å². The average Bonchev–Trinajstić information content (AvgIpc) is 3.35. The summed E-state index contributed by atoms with van der Waals surface area (Å²) in [7, 11) is 0. The van der Waals surface area contributed by atoms with E-state index in [0.717, 1.165) is 24.7 Å². The van der Waals surface area contributed by atoms with Gasteiger partial charge in [0.05, 0.1) is 23.8 Å². The van der Waals surface area contributed by atoms with Gasteiger partial charge in [-0.2, -0.15) is 0 Å². The van der Waals surface area contributed by atoms with E-state index >= 15 is 0 Å². The first kappa shape index (κ1) is 22.1. The van der Waals surface area contributed by atoms with E-state index in [0.29, 0.717) is 24.2 Å². The van der Waals surface area contributed by atoms with E-state index in [-0.39, 0.29) is 0 Å². The van der Waals surface area contributed by atoms with Crippen molar-refractivity contribution in [1.29, 1.82) is 0 Å². The van der Waals surface area contributed by atoms with Gasteiger partial charge in [-0.05, 0) is 50.4 Å². The quantitative estimate of drug-likeness (QED) is 0.407. The molecule has 4 nitrogen and oxygen atoms in total. The Bertz CT molecular complexity index is 598. The van der Waals surface area contributed by atoms with Gasteiger partial charge in [-0.15, -0.1) is 0 Å². The first-order valence-corrected chi connectivity index (χ1v) is 13.4. The molecule has 4 heteroatoms. The number of hydrogen-bond donors (Lipinski definition) is 2. The normalized spacial score (nSPS) is 35.1. The SMILES string of the molecule is CCCCCC1CCC2NC(CCC3=NC4CCC(CCCCC)CC4N3)=NC2C1. The van der Waals surface area contributed by atoms with Crippen molar-refractivity contribution in [3.05, 3.63) is 0 Å². The number of hydrogen-bond acceptors (Lipinski definition) is 4. The van der Waals surface area contributed by atoms with Gasteiger partial charge in [-0.25, -0.2) is 0 Å². The molecule has 4 rings (SSSR count). The minimum atomic E-state index is 0.547. The fourth-order valence-electron chi connectivity index (χ4n) is 6.40. The molecule has 6 atom stereocenters. The molecule has 0 bridgehead atoms. The molecule has 0 radical (unpaired) electrons. The van der Waals surface area contributed by atoms with Gasteiger partial charge >= 0.3 is 0 Å². The molecule has 170 valence electrons. The van der Waals surface area contributed by atoms with Crippen LogP contribution in [0.5, 0.6) is 0 Å². The zero-order valence-electron chi connectivity index (χ0n) is 19.7. The number of aliphatic imine (C=N–C) groups is 2. The molecule has 2 aliphatic heterocycles. The molecule has 0 spiro atoms. The Morgan fingerprint density at radius 2 is 1.27 bits per heavy atom. The van der Waals surface area contributed by atoms with Crippen molar-refractivity contribution in [3.8, 4) is 0 Å². The van der Waals surface area contributed by atoms with Crippen LogP contribution in [0.2, 0.25) is 0 Å². The van der Waals surface area contributed by atoms with Crippen LogP contribution in [-0.2, 0) is 0 Å². The zero-order chi connectivity index (χ0) is 20.8. The molecule has 0 aromatic carbocycles. The summed E-state index contributed by atoms with van der Waals surface area (Å²) in [5.41, 5.74) is 0. The highest BCUT2D eigenvalue weighted by Crippen LogP contribution is 2.34. The van der Waals surface area contributed by atoms with Crippen molar-refractivity contribution in [1.82, 2.24) is 10.6 Å². The molecule has 2 heterocycles. The molecule has 2 aliphatic carbocycles. The Labute approximate surface area is 185 Å². The third kappa shape index (κ3) is 5.79. The van der Waals surface area contributed by atoms with Crippen LogP contribution in [0.1, 0.15) is 117 Å². The van der Waals surface area contributed by atoms with Gasteiger partial charge < -0.3 is 10.6 Å². The fourth-order valence-corrected chi connectivity index (χ4v) is 6.40. The standard InChI is InChI=1S/C26H46N4/c1-3-5-7-9-19-11-13-21-23(17-19)29-25(27-21)15-16-26-28-22-14-12-20(10-8-6-4-2)18-24(22)30-26/h19-24H,3-18H2,1-2H3,(H,27,29)(H,28,30). The summed E-state index contributed by atoms with van der Waals surface area (Å²) >= 11 is 0. The van der Waals surface area contributed by atoms with Crippen LogP contribution in [0.4, 0.5) is 0 Å². The maximum atomic E-state index is 5.12. The van der Waals surface area contributed by atoms with E-state index in [9.17, 15) is 0 Å². The van der Waals surface area contributed by atoms with E-state index in [1.165, 1.54) is 102 Å². The fraction of sp³-hybridized carbons (Fsp3) is 0.923. The molecule has 2 saturated carbocycles. The Hall–Kier alpha value is -1.06. The summed E-state index contributed by atoms with van der Waals surface area (Å²) in [6.07, 6.45) is 21.3. The first-order valence-electron chi connectivity index (χ1n) is 13.4. The molecule has 0 saturated heterocycles. The summed E-state index contributed by atoms with van der Waals surface area (Å²) < 4.78 is 0. The van der Waals surface area contributed by atoms with Crippen molar-refractivity contribution < 1.29 is 0 Å². The molecule has 2 fully saturated rings. The van der Waals surface area contributed by atoms with Crippen LogP contribution in [0.15, 0.2) is 9.98 Å². The lowest BCUT2D eigenvalue weighted by Gasteiger charge is -2.30. The molecule has 4 aliphatic rings. The predicted molar refractivity (Wildman–Crippen MR) is 128 cm³/mol. The van der Waals surface area contributed by atoms with Crippen molar-refractivity contribution in [2.24, 2.45) is 21.8 Å².